The standard InChI is InChI=1S/C47H93N5O6S/c1-4-7-10-13-16-25-34-43-57-46(53)38-28-21-17-23-31-40-52(42-33-30-37-45(50-48)51-59(49,55)56)41-32-24-18-22-29-39-47(54)58-44(35-26-19-14-11-8-5-2)36-27-20-15-12-9-6-3/h44,48H,4-43H2,1-3H3,(H2,49,55,56)/b50-48?,51-45-. The number of carbonyl (C=O) groups is 2. The monoisotopic (exact) mass is 856 g/mol. The average Bonchev–Trinajstić information content (AvgIpc) is 3.20. The second-order valence-electron chi connectivity index (χ2n) is 17.0. The van der Waals surface area contributed by atoms with Gasteiger partial charge in [0.1, 0.15) is 6.10 Å². The number of carbonyl (C=O) groups excluding carboxylic acids is 2. The van der Waals surface area contributed by atoms with E-state index >= 15 is 0 Å². The first kappa shape index (κ1) is 57.1. The Morgan fingerprint density at radius 2 is 0.898 bits per heavy atom. The molecule has 0 aromatic heterocycles. The number of ether oxygens (including phenoxy) is 2. The van der Waals surface area contributed by atoms with Gasteiger partial charge in [0.05, 0.1) is 6.61 Å². The van der Waals surface area contributed by atoms with Crippen molar-refractivity contribution in [2.24, 2.45) is 14.7 Å². The van der Waals surface area contributed by atoms with Crippen LogP contribution in [0.25, 0.3) is 0 Å². The molecule has 348 valence electrons. The minimum absolute atomic E-state index is 0.0210. The predicted octanol–water partition coefficient (Wildman–Crippen LogP) is 13.5. The lowest BCUT2D eigenvalue weighted by Crippen LogP contribution is -2.27. The number of rotatable bonds is 45. The van der Waals surface area contributed by atoms with Gasteiger partial charge < -0.3 is 14.4 Å². The van der Waals surface area contributed by atoms with Crippen molar-refractivity contribution in [2.75, 3.05) is 26.2 Å². The fraction of sp³-hybridized carbons (Fsp3) is 0.936. The Kier molecular flexibility index (Phi) is 41.4. The van der Waals surface area contributed by atoms with Gasteiger partial charge in [-0.2, -0.15) is 8.42 Å². The topological polar surface area (TPSA) is 165 Å². The minimum atomic E-state index is -4.06. The van der Waals surface area contributed by atoms with Crippen LogP contribution in [0, 0.1) is 5.53 Å². The van der Waals surface area contributed by atoms with Gasteiger partial charge in [0, 0.05) is 19.3 Å². The van der Waals surface area contributed by atoms with Crippen molar-refractivity contribution < 1.29 is 27.5 Å². The average molecular weight is 856 g/mol. The van der Waals surface area contributed by atoms with Crippen molar-refractivity contribution in [1.82, 2.24) is 4.90 Å². The van der Waals surface area contributed by atoms with E-state index < -0.39 is 10.2 Å². The largest absolute Gasteiger partial charge is 0.466 e. The van der Waals surface area contributed by atoms with Crippen LogP contribution < -0.4 is 5.14 Å². The highest BCUT2D eigenvalue weighted by molar-refractivity contribution is 7.88. The number of amidine groups is 1. The van der Waals surface area contributed by atoms with Gasteiger partial charge in [0.2, 0.25) is 0 Å². The van der Waals surface area contributed by atoms with Crippen molar-refractivity contribution in [3.8, 4) is 0 Å². The number of esters is 2. The smallest absolute Gasteiger partial charge is 0.319 e. The molecular formula is C47H93N5O6S. The summed E-state index contributed by atoms with van der Waals surface area (Å²) in [6.45, 7) is 10.1. The fourth-order valence-electron chi connectivity index (χ4n) is 7.62. The van der Waals surface area contributed by atoms with Gasteiger partial charge in [0.15, 0.2) is 5.84 Å². The Labute approximate surface area is 363 Å². The molecule has 0 heterocycles. The maximum atomic E-state index is 12.8. The second-order valence-corrected chi connectivity index (χ2v) is 18.2. The minimum Gasteiger partial charge on any atom is -0.466 e. The summed E-state index contributed by atoms with van der Waals surface area (Å²) in [6.07, 6.45) is 38.9. The van der Waals surface area contributed by atoms with Crippen LogP contribution in [-0.2, 0) is 29.3 Å². The van der Waals surface area contributed by atoms with Crippen molar-refractivity contribution in [3.05, 3.63) is 0 Å². The number of nitrogens with zero attached hydrogens (tertiary/aromatic N) is 3. The molecule has 0 aromatic carbocycles. The highest BCUT2D eigenvalue weighted by Crippen LogP contribution is 2.19. The second kappa shape index (κ2) is 42.8. The van der Waals surface area contributed by atoms with Crippen LogP contribution in [0.1, 0.15) is 252 Å². The maximum absolute atomic E-state index is 12.8. The lowest BCUT2D eigenvalue weighted by atomic mass is 10.0. The molecule has 0 radical (unpaired) electrons. The molecule has 3 N–H and O–H groups in total. The summed E-state index contributed by atoms with van der Waals surface area (Å²) in [5.74, 6) is -0.146. The molecule has 0 unspecified atom stereocenters. The molecule has 12 heteroatoms. The quantitative estimate of drug-likeness (QED) is 0.0202. The summed E-state index contributed by atoms with van der Waals surface area (Å²) in [5, 5.41) is 8.25. The van der Waals surface area contributed by atoms with Crippen molar-refractivity contribution in [1.29, 1.82) is 5.53 Å². The van der Waals surface area contributed by atoms with Crippen molar-refractivity contribution >= 4 is 28.0 Å². The summed E-state index contributed by atoms with van der Waals surface area (Å²) in [7, 11) is -4.06. The molecule has 59 heavy (non-hydrogen) atoms. The van der Waals surface area contributed by atoms with Crippen LogP contribution in [-0.4, -0.2) is 63.4 Å². The molecule has 0 aliphatic heterocycles. The van der Waals surface area contributed by atoms with E-state index in [1.165, 1.54) is 96.3 Å². The zero-order valence-corrected chi connectivity index (χ0v) is 39.5. The van der Waals surface area contributed by atoms with E-state index in [1.807, 2.05) is 0 Å². The summed E-state index contributed by atoms with van der Waals surface area (Å²) >= 11 is 0. The molecule has 0 aliphatic carbocycles. The van der Waals surface area contributed by atoms with Crippen LogP contribution in [0.2, 0.25) is 0 Å². The van der Waals surface area contributed by atoms with E-state index in [1.54, 1.807) is 0 Å². The summed E-state index contributed by atoms with van der Waals surface area (Å²) in [5.41, 5.74) is 7.23. The Morgan fingerprint density at radius 1 is 0.525 bits per heavy atom. The number of hydrogen-bond acceptors (Lipinski definition) is 8. The normalized spacial score (nSPS) is 12.1. The first-order valence-electron chi connectivity index (χ1n) is 24.7. The van der Waals surface area contributed by atoms with Crippen LogP contribution in [0.3, 0.4) is 0 Å². The third kappa shape index (κ3) is 42.6. The lowest BCUT2D eigenvalue weighted by Gasteiger charge is -2.22. The van der Waals surface area contributed by atoms with E-state index in [9.17, 15) is 18.0 Å². The molecule has 0 aliphatic rings. The Bertz CT molecular complexity index is 1110. The van der Waals surface area contributed by atoms with Crippen LogP contribution in [0.5, 0.6) is 0 Å². The number of nitrogens with two attached hydrogens (primary N) is 1. The SMILES string of the molecule is CCCCCCCCCOC(=O)CCCCCCCN(CCCCCCCC(=O)OC(CCCCCCCC)CCCCCCCC)CCCC/C(N=N)=N/S(N)(=O)=O. The van der Waals surface area contributed by atoms with Crippen molar-refractivity contribution in [3.63, 3.8) is 0 Å². The lowest BCUT2D eigenvalue weighted by molar-refractivity contribution is -0.150. The maximum Gasteiger partial charge on any atom is 0.319 e. The zero-order chi connectivity index (χ0) is 43.5. The van der Waals surface area contributed by atoms with Gasteiger partial charge in [-0.25, -0.2) is 10.7 Å². The molecule has 0 bridgehead atoms. The van der Waals surface area contributed by atoms with Gasteiger partial charge in [-0.1, -0.05) is 162 Å². The number of unbranched alkanes of at least 4 members (excludes halogenated alkanes) is 25. The van der Waals surface area contributed by atoms with Gasteiger partial charge in [-0.3, -0.25) is 9.59 Å². The number of hydrogen-bond donors (Lipinski definition) is 2. The predicted molar refractivity (Wildman–Crippen MR) is 246 cm³/mol. The molecular weight excluding hydrogens is 763 g/mol. The Balaban J connectivity index is 4.55. The van der Waals surface area contributed by atoms with Gasteiger partial charge >= 0.3 is 22.1 Å². The third-order valence-corrected chi connectivity index (χ3v) is 11.7. The van der Waals surface area contributed by atoms with Gasteiger partial charge in [-0.05, 0) is 90.3 Å². The molecule has 0 spiro atoms. The third-order valence-electron chi connectivity index (χ3n) is 11.3. The molecule has 0 atom stereocenters. The molecule has 0 saturated heterocycles. The van der Waals surface area contributed by atoms with Crippen LogP contribution in [0.15, 0.2) is 9.51 Å². The molecule has 0 rings (SSSR count). The Hall–Kier alpha value is -1.92. The van der Waals surface area contributed by atoms with E-state index in [0.29, 0.717) is 32.3 Å². The van der Waals surface area contributed by atoms with Crippen molar-refractivity contribution in [2.45, 2.75) is 258 Å². The van der Waals surface area contributed by atoms with E-state index in [4.69, 9.17) is 20.1 Å². The fourth-order valence-corrected chi connectivity index (χ4v) is 8.05. The van der Waals surface area contributed by atoms with Crippen LogP contribution in [0.4, 0.5) is 0 Å². The highest BCUT2D eigenvalue weighted by Gasteiger charge is 2.15. The van der Waals surface area contributed by atoms with E-state index in [0.717, 1.165) is 129 Å². The van der Waals surface area contributed by atoms with Gasteiger partial charge in [0.25, 0.3) is 0 Å². The molecule has 0 amide bonds. The zero-order valence-electron chi connectivity index (χ0n) is 38.6. The first-order chi connectivity index (χ1) is 28.6. The molecule has 0 saturated carbocycles. The van der Waals surface area contributed by atoms with E-state index in [-0.39, 0.29) is 23.9 Å². The summed E-state index contributed by atoms with van der Waals surface area (Å²) < 4.78 is 37.5. The van der Waals surface area contributed by atoms with Gasteiger partial charge in [-0.15, -0.1) is 9.51 Å². The Morgan fingerprint density at radius 3 is 1.36 bits per heavy atom. The summed E-state index contributed by atoms with van der Waals surface area (Å²) in [6, 6.07) is 0. The molecule has 0 aromatic rings. The summed E-state index contributed by atoms with van der Waals surface area (Å²) in [4.78, 5) is 27.4. The highest BCUT2D eigenvalue weighted by atomic mass is 32.2. The molecule has 11 nitrogen and oxygen atoms in total. The van der Waals surface area contributed by atoms with E-state index in [2.05, 4.69) is 35.2 Å². The number of nitrogens with one attached hydrogen (secondary N) is 1. The first-order valence-corrected chi connectivity index (χ1v) is 26.2. The molecule has 0 fully saturated rings. The van der Waals surface area contributed by atoms with Crippen LogP contribution >= 0.6 is 0 Å².